The van der Waals surface area contributed by atoms with Crippen molar-refractivity contribution in [2.24, 2.45) is 0 Å². The van der Waals surface area contributed by atoms with Crippen LogP contribution in [0.5, 0.6) is 0 Å². The van der Waals surface area contributed by atoms with Crippen molar-refractivity contribution in [2.75, 3.05) is 14.2 Å². The molecule has 0 saturated carbocycles. The molecule has 0 radical (unpaired) electrons. The van der Waals surface area contributed by atoms with Crippen LogP contribution in [-0.4, -0.2) is 42.5 Å². The van der Waals surface area contributed by atoms with Gasteiger partial charge < -0.3 is 9.64 Å². The number of Topliss-reactive ketones (excluding diaryl/α,β-unsaturated/α-hetero) is 2. The Balaban J connectivity index is 2.94. The topological polar surface area (TPSA) is 80.8 Å². The van der Waals surface area contributed by atoms with E-state index < -0.39 is 12.0 Å². The summed E-state index contributed by atoms with van der Waals surface area (Å²) in [6.07, 6.45) is -0.571. The smallest absolute Gasteiger partial charge is 0.313 e. The van der Waals surface area contributed by atoms with Crippen LogP contribution in [0.3, 0.4) is 0 Å². The number of hydrogen-bond acceptors (Lipinski definition) is 5. The zero-order valence-corrected chi connectivity index (χ0v) is 13.6. The Morgan fingerprint density at radius 1 is 1.09 bits per heavy atom. The molecule has 1 atom stereocenters. The average molecular weight is 319 g/mol. The van der Waals surface area contributed by atoms with E-state index in [2.05, 4.69) is 4.74 Å². The highest BCUT2D eigenvalue weighted by molar-refractivity contribution is 5.98. The maximum Gasteiger partial charge on any atom is 0.313 e. The quantitative estimate of drug-likeness (QED) is 0.538. The van der Waals surface area contributed by atoms with Crippen LogP contribution in [0.2, 0.25) is 0 Å². The number of carbonyl (C=O) groups is 4. The van der Waals surface area contributed by atoms with Gasteiger partial charge in [-0.2, -0.15) is 0 Å². The number of ketones is 2. The van der Waals surface area contributed by atoms with Crippen molar-refractivity contribution in [3.05, 3.63) is 35.9 Å². The van der Waals surface area contributed by atoms with Crippen molar-refractivity contribution in [3.63, 3.8) is 0 Å². The first-order chi connectivity index (χ1) is 10.8. The Hall–Kier alpha value is -2.50. The van der Waals surface area contributed by atoms with Crippen molar-refractivity contribution in [1.29, 1.82) is 0 Å². The van der Waals surface area contributed by atoms with E-state index in [-0.39, 0.29) is 36.7 Å². The molecule has 0 saturated heterocycles. The third-order valence-electron chi connectivity index (χ3n) is 3.44. The molecule has 124 valence electrons. The first-order valence-electron chi connectivity index (χ1n) is 7.23. The van der Waals surface area contributed by atoms with Gasteiger partial charge in [0.25, 0.3) is 0 Å². The first kappa shape index (κ1) is 18.5. The Kier molecular flexibility index (Phi) is 7.12. The molecule has 1 rings (SSSR count). The lowest BCUT2D eigenvalue weighted by Gasteiger charge is -2.28. The molecule has 1 aromatic rings. The Bertz CT molecular complexity index is 582. The summed E-state index contributed by atoms with van der Waals surface area (Å²) < 4.78 is 4.48. The molecule has 0 fully saturated rings. The number of nitrogens with zero attached hydrogens (tertiary/aromatic N) is 1. The number of hydrogen-bond donors (Lipinski definition) is 0. The number of carbonyl (C=O) groups excluding carboxylic acids is 4. The summed E-state index contributed by atoms with van der Waals surface area (Å²) in [5.41, 5.74) is 0.769. The maximum atomic E-state index is 12.1. The van der Waals surface area contributed by atoms with Gasteiger partial charge in [-0.1, -0.05) is 30.3 Å². The zero-order valence-electron chi connectivity index (χ0n) is 13.6. The fourth-order valence-corrected chi connectivity index (χ4v) is 2.19. The van der Waals surface area contributed by atoms with Gasteiger partial charge in [0, 0.05) is 13.5 Å². The van der Waals surface area contributed by atoms with E-state index in [1.165, 1.54) is 18.9 Å². The molecule has 6 heteroatoms. The molecule has 0 aliphatic heterocycles. The molecular formula is C17H21NO5. The second-order valence-corrected chi connectivity index (χ2v) is 5.31. The number of esters is 1. The van der Waals surface area contributed by atoms with Crippen molar-refractivity contribution < 1.29 is 23.9 Å². The van der Waals surface area contributed by atoms with Gasteiger partial charge in [-0.3, -0.25) is 19.2 Å². The number of amides is 1. The third kappa shape index (κ3) is 6.02. The van der Waals surface area contributed by atoms with Crippen molar-refractivity contribution in [1.82, 2.24) is 4.90 Å². The van der Waals surface area contributed by atoms with Crippen LogP contribution in [-0.2, 0) is 23.9 Å². The minimum Gasteiger partial charge on any atom is -0.469 e. The fraction of sp³-hybridized carbons (Fsp3) is 0.412. The average Bonchev–Trinajstić information content (AvgIpc) is 2.52. The fourth-order valence-electron chi connectivity index (χ4n) is 2.19. The van der Waals surface area contributed by atoms with Crippen LogP contribution in [0.1, 0.15) is 37.8 Å². The molecule has 0 heterocycles. The molecule has 6 nitrogen and oxygen atoms in total. The highest BCUT2D eigenvalue weighted by Gasteiger charge is 2.25. The van der Waals surface area contributed by atoms with E-state index in [9.17, 15) is 19.2 Å². The van der Waals surface area contributed by atoms with Crippen molar-refractivity contribution in [3.8, 4) is 0 Å². The predicted octanol–water partition coefficient (Wildman–Crippen LogP) is 1.69. The van der Waals surface area contributed by atoms with Crippen LogP contribution in [0, 0.1) is 0 Å². The Labute approximate surface area is 135 Å². The van der Waals surface area contributed by atoms with Crippen molar-refractivity contribution in [2.45, 2.75) is 32.2 Å². The Morgan fingerprint density at radius 3 is 2.22 bits per heavy atom. The summed E-state index contributed by atoms with van der Waals surface area (Å²) in [5, 5.41) is 0. The van der Waals surface area contributed by atoms with Crippen molar-refractivity contribution >= 4 is 23.4 Å². The van der Waals surface area contributed by atoms with Crippen LogP contribution >= 0.6 is 0 Å². The van der Waals surface area contributed by atoms with Crippen LogP contribution in [0.4, 0.5) is 0 Å². The summed E-state index contributed by atoms with van der Waals surface area (Å²) in [6.45, 7) is 1.34. The molecule has 0 aliphatic carbocycles. The molecule has 0 spiro atoms. The molecule has 0 bridgehead atoms. The number of ether oxygens (including phenoxy) is 1. The lowest BCUT2D eigenvalue weighted by molar-refractivity contribution is -0.143. The van der Waals surface area contributed by atoms with Gasteiger partial charge in [0.1, 0.15) is 18.0 Å². The van der Waals surface area contributed by atoms with Gasteiger partial charge in [-0.25, -0.2) is 0 Å². The molecule has 0 aromatic heterocycles. The van der Waals surface area contributed by atoms with E-state index in [0.717, 1.165) is 5.56 Å². The highest BCUT2D eigenvalue weighted by Crippen LogP contribution is 2.24. The summed E-state index contributed by atoms with van der Waals surface area (Å²) in [6, 6.07) is 8.50. The highest BCUT2D eigenvalue weighted by atomic mass is 16.5. The van der Waals surface area contributed by atoms with Gasteiger partial charge in [0.05, 0.1) is 19.6 Å². The number of rotatable bonds is 8. The van der Waals surface area contributed by atoms with Crippen LogP contribution in [0.25, 0.3) is 0 Å². The third-order valence-corrected chi connectivity index (χ3v) is 3.44. The maximum absolute atomic E-state index is 12.1. The van der Waals surface area contributed by atoms with Gasteiger partial charge >= 0.3 is 5.97 Å². The molecule has 23 heavy (non-hydrogen) atoms. The normalized spacial score (nSPS) is 11.4. The van der Waals surface area contributed by atoms with Gasteiger partial charge in [0.15, 0.2) is 0 Å². The minimum atomic E-state index is -0.612. The lowest BCUT2D eigenvalue weighted by Crippen LogP contribution is -2.33. The standard InChI is InChI=1S/C17H21NO5/c1-12(19)9-16(21)18(2)15(13-7-5-4-6-8-13)10-14(20)11-17(22)23-3/h4-8,15H,9-11H2,1-3H3. The largest absolute Gasteiger partial charge is 0.469 e. The SMILES string of the molecule is COC(=O)CC(=O)CC(c1ccccc1)N(C)C(=O)CC(C)=O. The van der Waals surface area contributed by atoms with E-state index in [0.29, 0.717) is 0 Å². The second kappa shape index (κ2) is 8.82. The molecule has 1 unspecified atom stereocenters. The van der Waals surface area contributed by atoms with E-state index in [4.69, 9.17) is 0 Å². The van der Waals surface area contributed by atoms with Crippen LogP contribution < -0.4 is 0 Å². The molecule has 1 aromatic carbocycles. The van der Waals surface area contributed by atoms with E-state index in [1.807, 2.05) is 6.07 Å². The molecule has 1 amide bonds. The number of methoxy groups -OCH3 is 1. The van der Waals surface area contributed by atoms with Gasteiger partial charge in [-0.05, 0) is 12.5 Å². The van der Waals surface area contributed by atoms with Gasteiger partial charge in [0.2, 0.25) is 5.91 Å². The number of benzene rings is 1. The summed E-state index contributed by atoms with van der Waals surface area (Å²) in [4.78, 5) is 47.9. The molecule has 0 aliphatic rings. The van der Waals surface area contributed by atoms with Crippen LogP contribution in [0.15, 0.2) is 30.3 Å². The monoisotopic (exact) mass is 319 g/mol. The molecular weight excluding hydrogens is 298 g/mol. The zero-order chi connectivity index (χ0) is 17.4. The Morgan fingerprint density at radius 2 is 1.70 bits per heavy atom. The molecule has 0 N–H and O–H groups in total. The first-order valence-corrected chi connectivity index (χ1v) is 7.23. The summed E-state index contributed by atoms with van der Waals surface area (Å²) in [5.74, 6) is -1.54. The van der Waals surface area contributed by atoms with Gasteiger partial charge in [-0.15, -0.1) is 0 Å². The van der Waals surface area contributed by atoms with E-state index >= 15 is 0 Å². The van der Waals surface area contributed by atoms with E-state index in [1.54, 1.807) is 31.3 Å². The predicted molar refractivity (Wildman–Crippen MR) is 83.5 cm³/mol. The second-order valence-electron chi connectivity index (χ2n) is 5.31. The lowest BCUT2D eigenvalue weighted by atomic mass is 9.98. The summed E-state index contributed by atoms with van der Waals surface area (Å²) in [7, 11) is 2.77. The summed E-state index contributed by atoms with van der Waals surface area (Å²) >= 11 is 0. The minimum absolute atomic E-state index is 0.0146.